The average molecular weight is 653 g/mol. The fraction of sp³-hybridized carbons (Fsp3) is 0.541. The van der Waals surface area contributed by atoms with E-state index in [1.165, 1.54) is 11.9 Å². The number of ketones is 4. The number of carbonyl (C=O) groups excluding carboxylic acids is 5. The largest absolute Gasteiger partial charge is 0.414 e. The van der Waals surface area contributed by atoms with Gasteiger partial charge in [0.2, 0.25) is 0 Å². The number of carbonyl (C=O) groups is 5. The van der Waals surface area contributed by atoms with Gasteiger partial charge >= 0.3 is 6.09 Å². The SMILES string of the molecule is CNCC(=O)CC(Cc1ccccc1)C(=O)CC(CC(C)C)C(=O)CCC(=O)CCCN(C)C(=O)Oc1c(CO)cc(C)cc1CO. The summed E-state index contributed by atoms with van der Waals surface area (Å²) < 4.78 is 5.47. The minimum Gasteiger partial charge on any atom is -0.409 e. The third kappa shape index (κ3) is 13.9. The number of nitrogens with zero attached hydrogens (tertiary/aromatic N) is 1. The highest BCUT2D eigenvalue weighted by Crippen LogP contribution is 2.27. The lowest BCUT2D eigenvalue weighted by Crippen LogP contribution is -2.31. The van der Waals surface area contributed by atoms with Crippen molar-refractivity contribution in [3.63, 3.8) is 0 Å². The second-order valence-corrected chi connectivity index (χ2v) is 12.8. The van der Waals surface area contributed by atoms with Crippen molar-refractivity contribution in [1.82, 2.24) is 10.2 Å². The van der Waals surface area contributed by atoms with Gasteiger partial charge in [0.1, 0.15) is 28.9 Å². The second kappa shape index (κ2) is 20.5. The number of Topliss-reactive ketones (excluding diaryl/α,β-unsaturated/α-hetero) is 4. The molecule has 1 amide bonds. The number of benzene rings is 2. The molecule has 2 aromatic rings. The van der Waals surface area contributed by atoms with Crippen LogP contribution in [0.25, 0.3) is 0 Å². The molecule has 10 heteroatoms. The van der Waals surface area contributed by atoms with E-state index in [1.807, 2.05) is 51.1 Å². The van der Waals surface area contributed by atoms with E-state index in [0.29, 0.717) is 30.4 Å². The Labute approximate surface area is 278 Å². The Morgan fingerprint density at radius 1 is 0.851 bits per heavy atom. The van der Waals surface area contributed by atoms with E-state index in [2.05, 4.69) is 5.32 Å². The zero-order chi connectivity index (χ0) is 34.9. The zero-order valence-corrected chi connectivity index (χ0v) is 28.5. The maximum atomic E-state index is 13.5. The molecule has 0 radical (unpaired) electrons. The highest BCUT2D eigenvalue weighted by atomic mass is 16.6. The van der Waals surface area contributed by atoms with Crippen LogP contribution in [0.15, 0.2) is 42.5 Å². The number of rotatable bonds is 22. The van der Waals surface area contributed by atoms with Crippen molar-refractivity contribution in [3.8, 4) is 5.75 Å². The van der Waals surface area contributed by atoms with Crippen LogP contribution in [0.3, 0.4) is 0 Å². The Hall–Kier alpha value is -3.73. The van der Waals surface area contributed by atoms with Gasteiger partial charge in [0.15, 0.2) is 0 Å². The van der Waals surface area contributed by atoms with E-state index in [0.717, 1.165) is 11.1 Å². The molecule has 2 rings (SSSR count). The smallest absolute Gasteiger partial charge is 0.409 e. The van der Waals surface area contributed by atoms with Gasteiger partial charge < -0.3 is 25.2 Å². The third-order valence-corrected chi connectivity index (χ3v) is 8.12. The summed E-state index contributed by atoms with van der Waals surface area (Å²) in [4.78, 5) is 66.0. The van der Waals surface area contributed by atoms with E-state index < -0.39 is 17.9 Å². The maximum absolute atomic E-state index is 13.5. The van der Waals surface area contributed by atoms with Crippen molar-refractivity contribution in [2.24, 2.45) is 17.8 Å². The molecule has 0 spiro atoms. The third-order valence-electron chi connectivity index (χ3n) is 8.12. The first-order chi connectivity index (χ1) is 22.4. The average Bonchev–Trinajstić information content (AvgIpc) is 3.03. The molecule has 0 saturated carbocycles. The van der Waals surface area contributed by atoms with Crippen LogP contribution in [-0.4, -0.2) is 71.5 Å². The molecule has 0 saturated heterocycles. The number of nitrogens with one attached hydrogen (secondary N) is 1. The van der Waals surface area contributed by atoms with E-state index >= 15 is 0 Å². The molecule has 2 atom stereocenters. The Bertz CT molecular complexity index is 1320. The van der Waals surface area contributed by atoms with Gasteiger partial charge in [-0.2, -0.15) is 0 Å². The number of ether oxygens (including phenoxy) is 1. The molecular weight excluding hydrogens is 600 g/mol. The summed E-state index contributed by atoms with van der Waals surface area (Å²) in [6.07, 6.45) is 1.02. The van der Waals surface area contributed by atoms with Crippen LogP contribution >= 0.6 is 0 Å². The number of likely N-dealkylation sites (N-methyl/N-ethyl adjacent to an activating group) is 1. The van der Waals surface area contributed by atoms with Crippen molar-refractivity contribution in [2.45, 2.75) is 85.4 Å². The number of hydrogen-bond acceptors (Lipinski definition) is 9. The molecule has 0 heterocycles. The van der Waals surface area contributed by atoms with Crippen LogP contribution in [0.5, 0.6) is 5.75 Å². The predicted molar refractivity (Wildman–Crippen MR) is 180 cm³/mol. The standard InChI is InChI=1S/C37H52N2O8/c1-25(2)16-28(21-35(45)29(20-33(43)22-38-4)19-27-10-7-6-8-11-27)34(44)14-13-32(42)12-9-15-39(5)37(46)47-36-30(23-40)17-26(3)18-31(36)24-41/h6-8,10-11,17-18,25,28-29,38,40-41H,9,12-16,19-24H2,1-5H3. The summed E-state index contributed by atoms with van der Waals surface area (Å²) in [5.41, 5.74) is 2.55. The Morgan fingerprint density at radius 3 is 2.06 bits per heavy atom. The number of aliphatic hydroxyl groups is 2. The first kappa shape index (κ1) is 39.4. The molecule has 0 bridgehead atoms. The van der Waals surface area contributed by atoms with Gasteiger partial charge in [0.25, 0.3) is 0 Å². The zero-order valence-electron chi connectivity index (χ0n) is 28.5. The van der Waals surface area contributed by atoms with Crippen LogP contribution in [0, 0.1) is 24.7 Å². The number of aliphatic hydroxyl groups excluding tert-OH is 2. The highest BCUT2D eigenvalue weighted by Gasteiger charge is 2.29. The molecule has 0 fully saturated rings. The first-order valence-electron chi connectivity index (χ1n) is 16.4. The summed E-state index contributed by atoms with van der Waals surface area (Å²) in [7, 11) is 3.22. The van der Waals surface area contributed by atoms with Crippen molar-refractivity contribution in [2.75, 3.05) is 27.2 Å². The number of aryl methyl sites for hydroxylation is 1. The topological polar surface area (TPSA) is 150 Å². The van der Waals surface area contributed by atoms with E-state index in [-0.39, 0.29) is 93.2 Å². The normalized spacial score (nSPS) is 12.4. The molecule has 47 heavy (non-hydrogen) atoms. The van der Waals surface area contributed by atoms with Crippen molar-refractivity contribution < 1.29 is 38.9 Å². The maximum Gasteiger partial charge on any atom is 0.414 e. The van der Waals surface area contributed by atoms with Gasteiger partial charge in [-0.15, -0.1) is 0 Å². The van der Waals surface area contributed by atoms with Crippen LogP contribution in [-0.2, 0) is 38.8 Å². The van der Waals surface area contributed by atoms with Gasteiger partial charge in [0, 0.05) is 68.7 Å². The van der Waals surface area contributed by atoms with Crippen molar-refractivity contribution in [1.29, 1.82) is 0 Å². The molecule has 2 unspecified atom stereocenters. The molecule has 2 aromatic carbocycles. The van der Waals surface area contributed by atoms with Gasteiger partial charge in [-0.25, -0.2) is 4.79 Å². The van der Waals surface area contributed by atoms with Crippen molar-refractivity contribution in [3.05, 3.63) is 64.7 Å². The van der Waals surface area contributed by atoms with Gasteiger partial charge in [-0.3, -0.25) is 19.2 Å². The van der Waals surface area contributed by atoms with E-state index in [9.17, 15) is 34.2 Å². The summed E-state index contributed by atoms with van der Waals surface area (Å²) in [5.74, 6) is -1.16. The van der Waals surface area contributed by atoms with Crippen LogP contribution < -0.4 is 10.1 Å². The Kier molecular flexibility index (Phi) is 17.2. The molecule has 0 aliphatic carbocycles. The van der Waals surface area contributed by atoms with Crippen LogP contribution in [0.2, 0.25) is 0 Å². The minimum atomic E-state index is -0.680. The molecule has 258 valence electrons. The van der Waals surface area contributed by atoms with Crippen LogP contribution in [0.1, 0.15) is 81.0 Å². The lowest BCUT2D eigenvalue weighted by molar-refractivity contribution is -0.132. The Morgan fingerprint density at radius 2 is 1.49 bits per heavy atom. The molecule has 0 aromatic heterocycles. The Balaban J connectivity index is 1.92. The first-order valence-corrected chi connectivity index (χ1v) is 16.4. The van der Waals surface area contributed by atoms with Crippen LogP contribution in [0.4, 0.5) is 4.79 Å². The van der Waals surface area contributed by atoms with Gasteiger partial charge in [-0.1, -0.05) is 61.9 Å². The quantitative estimate of drug-likeness (QED) is 0.164. The van der Waals surface area contributed by atoms with E-state index in [4.69, 9.17) is 4.74 Å². The molecular formula is C37H52N2O8. The van der Waals surface area contributed by atoms with Gasteiger partial charge in [-0.05, 0) is 44.7 Å². The summed E-state index contributed by atoms with van der Waals surface area (Å²) in [6, 6.07) is 12.9. The number of amides is 1. The molecule has 10 nitrogen and oxygen atoms in total. The summed E-state index contributed by atoms with van der Waals surface area (Å²) in [5, 5.41) is 22.2. The van der Waals surface area contributed by atoms with Crippen molar-refractivity contribution >= 4 is 29.2 Å². The monoisotopic (exact) mass is 652 g/mol. The molecule has 0 aliphatic heterocycles. The van der Waals surface area contributed by atoms with E-state index in [1.54, 1.807) is 19.2 Å². The predicted octanol–water partition coefficient (Wildman–Crippen LogP) is 4.77. The molecule has 3 N–H and O–H groups in total. The fourth-order valence-corrected chi connectivity index (χ4v) is 5.71. The minimum absolute atomic E-state index is 0.0325. The second-order valence-electron chi connectivity index (χ2n) is 12.8. The number of hydrogen-bond donors (Lipinski definition) is 3. The molecule has 0 aliphatic rings. The highest BCUT2D eigenvalue weighted by molar-refractivity contribution is 5.93. The summed E-state index contributed by atoms with van der Waals surface area (Å²) in [6.45, 7) is 5.48. The van der Waals surface area contributed by atoms with Gasteiger partial charge in [0.05, 0.1) is 19.8 Å². The lowest BCUT2D eigenvalue weighted by Gasteiger charge is -2.21. The summed E-state index contributed by atoms with van der Waals surface area (Å²) >= 11 is 0. The lowest BCUT2D eigenvalue weighted by atomic mass is 9.81. The fourth-order valence-electron chi connectivity index (χ4n) is 5.71.